The molecule has 2 nitrogen and oxygen atoms in total. The Balaban J connectivity index is 2.85. The van der Waals surface area contributed by atoms with Crippen molar-refractivity contribution in [2.45, 2.75) is 25.8 Å². The molecule has 2 heteroatoms. The molecule has 0 heterocycles. The summed E-state index contributed by atoms with van der Waals surface area (Å²) in [5.41, 5.74) is 1.21. The van der Waals surface area contributed by atoms with Gasteiger partial charge in [0.25, 0.3) is 0 Å². The summed E-state index contributed by atoms with van der Waals surface area (Å²) in [6, 6.07) is 8.44. The highest BCUT2D eigenvalue weighted by atomic mass is 16.5. The van der Waals surface area contributed by atoms with E-state index in [-0.39, 0.29) is 0 Å². The molecule has 1 aromatic carbocycles. The number of hydrogen-bond donors (Lipinski definition) is 1. The summed E-state index contributed by atoms with van der Waals surface area (Å²) in [6.45, 7) is 6.99. The van der Waals surface area contributed by atoms with Crippen molar-refractivity contribution in [3.05, 3.63) is 42.5 Å². The van der Waals surface area contributed by atoms with Gasteiger partial charge in [0.2, 0.25) is 0 Å². The average Bonchev–Trinajstić information content (AvgIpc) is 2.34. The molecule has 0 amide bonds. The number of rotatable bonds is 7. The minimum atomic E-state index is 0.300. The van der Waals surface area contributed by atoms with Gasteiger partial charge in [-0.2, -0.15) is 0 Å². The van der Waals surface area contributed by atoms with E-state index in [2.05, 4.69) is 24.9 Å². The molecule has 0 aliphatic heterocycles. The molecule has 1 unspecified atom stereocenters. The summed E-state index contributed by atoms with van der Waals surface area (Å²) in [6.07, 6.45) is 3.99. The first-order valence-electron chi connectivity index (χ1n) is 5.80. The van der Waals surface area contributed by atoms with Crippen LogP contribution in [0.15, 0.2) is 36.9 Å². The predicted molar refractivity (Wildman–Crippen MR) is 68.8 cm³/mol. The van der Waals surface area contributed by atoms with Gasteiger partial charge in [0.1, 0.15) is 5.75 Å². The second kappa shape index (κ2) is 7.07. The van der Waals surface area contributed by atoms with E-state index in [0.29, 0.717) is 6.04 Å². The van der Waals surface area contributed by atoms with Crippen molar-refractivity contribution >= 4 is 0 Å². The van der Waals surface area contributed by atoms with E-state index in [0.717, 1.165) is 25.1 Å². The van der Waals surface area contributed by atoms with Crippen LogP contribution in [0.5, 0.6) is 5.75 Å². The maximum absolute atomic E-state index is 5.38. The van der Waals surface area contributed by atoms with Crippen LogP contribution in [-0.2, 0) is 0 Å². The molecule has 0 aliphatic rings. The van der Waals surface area contributed by atoms with Crippen molar-refractivity contribution in [2.75, 3.05) is 13.7 Å². The van der Waals surface area contributed by atoms with Crippen molar-refractivity contribution in [1.29, 1.82) is 0 Å². The Labute approximate surface area is 98.3 Å². The fourth-order valence-electron chi connectivity index (χ4n) is 1.76. The van der Waals surface area contributed by atoms with Gasteiger partial charge in [-0.25, -0.2) is 0 Å². The van der Waals surface area contributed by atoms with Gasteiger partial charge in [-0.3, -0.25) is 0 Å². The Kier molecular flexibility index (Phi) is 5.65. The summed E-state index contributed by atoms with van der Waals surface area (Å²) >= 11 is 0. The van der Waals surface area contributed by atoms with Gasteiger partial charge in [0, 0.05) is 11.6 Å². The molecule has 1 atom stereocenters. The van der Waals surface area contributed by atoms with Gasteiger partial charge in [0.15, 0.2) is 0 Å². The van der Waals surface area contributed by atoms with Gasteiger partial charge < -0.3 is 10.1 Å². The number of benzene rings is 1. The van der Waals surface area contributed by atoms with Crippen LogP contribution in [0.25, 0.3) is 0 Å². The van der Waals surface area contributed by atoms with Gasteiger partial charge in [-0.15, -0.1) is 6.58 Å². The van der Waals surface area contributed by atoms with E-state index in [4.69, 9.17) is 4.74 Å². The van der Waals surface area contributed by atoms with Crippen LogP contribution >= 0.6 is 0 Å². The number of ether oxygens (including phenoxy) is 1. The fraction of sp³-hybridized carbons (Fsp3) is 0.429. The van der Waals surface area contributed by atoms with Crippen molar-refractivity contribution in [2.24, 2.45) is 0 Å². The molecule has 88 valence electrons. The van der Waals surface area contributed by atoms with Crippen molar-refractivity contribution in [3.8, 4) is 5.75 Å². The molecule has 0 saturated heterocycles. The van der Waals surface area contributed by atoms with Crippen LogP contribution in [0.1, 0.15) is 31.4 Å². The van der Waals surface area contributed by atoms with Crippen LogP contribution in [-0.4, -0.2) is 13.7 Å². The third-order valence-electron chi connectivity index (χ3n) is 2.56. The molecule has 1 N–H and O–H groups in total. The summed E-state index contributed by atoms with van der Waals surface area (Å²) < 4.78 is 5.38. The van der Waals surface area contributed by atoms with E-state index in [1.54, 1.807) is 7.11 Å². The largest absolute Gasteiger partial charge is 0.496 e. The Morgan fingerprint density at radius 1 is 1.44 bits per heavy atom. The summed E-state index contributed by atoms with van der Waals surface area (Å²) in [7, 11) is 1.71. The normalized spacial score (nSPS) is 12.1. The lowest BCUT2D eigenvalue weighted by Crippen LogP contribution is -2.22. The van der Waals surface area contributed by atoms with E-state index in [9.17, 15) is 0 Å². The van der Waals surface area contributed by atoms with Crippen LogP contribution < -0.4 is 10.1 Å². The molecule has 0 bridgehead atoms. The van der Waals surface area contributed by atoms with E-state index < -0.39 is 0 Å². The Morgan fingerprint density at radius 3 is 2.81 bits per heavy atom. The monoisotopic (exact) mass is 219 g/mol. The second-order valence-electron chi connectivity index (χ2n) is 3.77. The number of nitrogens with one attached hydrogen (secondary N) is 1. The Hall–Kier alpha value is -1.28. The molecule has 1 rings (SSSR count). The van der Waals surface area contributed by atoms with Crippen molar-refractivity contribution in [1.82, 2.24) is 5.32 Å². The zero-order chi connectivity index (χ0) is 11.8. The minimum Gasteiger partial charge on any atom is -0.496 e. The average molecular weight is 219 g/mol. The second-order valence-corrected chi connectivity index (χ2v) is 3.77. The topological polar surface area (TPSA) is 21.3 Å². The van der Waals surface area contributed by atoms with Crippen molar-refractivity contribution in [3.63, 3.8) is 0 Å². The van der Waals surface area contributed by atoms with E-state index in [1.807, 2.05) is 24.3 Å². The summed E-state index contributed by atoms with van der Waals surface area (Å²) in [5, 5.41) is 3.51. The standard InChI is InChI=1S/C14H21NO/c1-4-8-13(15-11-5-2)12-9-6-7-10-14(12)16-3/h4,6-7,9-10,13,15H,1,5,8,11H2,2-3H3. The SMILES string of the molecule is C=CCC(NCCC)c1ccccc1OC. The molecular formula is C14H21NO. The fourth-order valence-corrected chi connectivity index (χ4v) is 1.76. The summed E-state index contributed by atoms with van der Waals surface area (Å²) in [5.74, 6) is 0.943. The zero-order valence-corrected chi connectivity index (χ0v) is 10.2. The maximum atomic E-state index is 5.38. The molecule has 0 saturated carbocycles. The number of hydrogen-bond acceptors (Lipinski definition) is 2. The molecular weight excluding hydrogens is 198 g/mol. The Morgan fingerprint density at radius 2 is 2.19 bits per heavy atom. The molecule has 0 spiro atoms. The molecule has 0 aromatic heterocycles. The third-order valence-corrected chi connectivity index (χ3v) is 2.56. The highest BCUT2D eigenvalue weighted by Gasteiger charge is 2.12. The van der Waals surface area contributed by atoms with Crippen LogP contribution in [0, 0.1) is 0 Å². The lowest BCUT2D eigenvalue weighted by molar-refractivity contribution is 0.399. The summed E-state index contributed by atoms with van der Waals surface area (Å²) in [4.78, 5) is 0. The maximum Gasteiger partial charge on any atom is 0.123 e. The first-order chi connectivity index (χ1) is 7.83. The molecule has 0 aliphatic carbocycles. The molecule has 0 radical (unpaired) electrons. The van der Waals surface area contributed by atoms with Gasteiger partial charge in [-0.05, 0) is 25.5 Å². The molecule has 1 aromatic rings. The zero-order valence-electron chi connectivity index (χ0n) is 10.2. The van der Waals surface area contributed by atoms with Crippen LogP contribution in [0.4, 0.5) is 0 Å². The lowest BCUT2D eigenvalue weighted by Gasteiger charge is -2.19. The molecule has 16 heavy (non-hydrogen) atoms. The van der Waals surface area contributed by atoms with Gasteiger partial charge in [0.05, 0.1) is 7.11 Å². The quantitative estimate of drug-likeness (QED) is 0.710. The van der Waals surface area contributed by atoms with Gasteiger partial charge >= 0.3 is 0 Å². The predicted octanol–water partition coefficient (Wildman–Crippen LogP) is 3.31. The van der Waals surface area contributed by atoms with E-state index >= 15 is 0 Å². The van der Waals surface area contributed by atoms with Crippen LogP contribution in [0.3, 0.4) is 0 Å². The molecule has 0 fully saturated rings. The van der Waals surface area contributed by atoms with Crippen LogP contribution in [0.2, 0.25) is 0 Å². The highest BCUT2D eigenvalue weighted by molar-refractivity contribution is 5.36. The Bertz CT molecular complexity index is 322. The van der Waals surface area contributed by atoms with Crippen molar-refractivity contribution < 1.29 is 4.74 Å². The minimum absolute atomic E-state index is 0.300. The first kappa shape index (κ1) is 12.8. The van der Waals surface area contributed by atoms with E-state index in [1.165, 1.54) is 5.56 Å². The first-order valence-corrected chi connectivity index (χ1v) is 5.80. The number of methoxy groups -OCH3 is 1. The third kappa shape index (κ3) is 3.38. The number of para-hydroxylation sites is 1. The highest BCUT2D eigenvalue weighted by Crippen LogP contribution is 2.27. The van der Waals surface area contributed by atoms with Gasteiger partial charge in [-0.1, -0.05) is 31.2 Å². The smallest absolute Gasteiger partial charge is 0.123 e. The lowest BCUT2D eigenvalue weighted by atomic mass is 10.0.